The summed E-state index contributed by atoms with van der Waals surface area (Å²) in [6.07, 6.45) is 1.04. The molecule has 0 aliphatic carbocycles. The van der Waals surface area contributed by atoms with Crippen molar-refractivity contribution < 1.29 is 19.0 Å². The average Bonchev–Trinajstić information content (AvgIpc) is 2.95. The van der Waals surface area contributed by atoms with Gasteiger partial charge in [-0.1, -0.05) is 13.8 Å². The number of aromatic nitrogens is 1. The van der Waals surface area contributed by atoms with Crippen LogP contribution in [0.4, 0.5) is 4.39 Å². The third-order valence-corrected chi connectivity index (χ3v) is 4.81. The Morgan fingerprint density at radius 3 is 2.96 bits per heavy atom. The average molecular weight is 316 g/mol. The molecule has 2 atom stereocenters. The summed E-state index contributed by atoms with van der Waals surface area (Å²) < 4.78 is 19.9. The normalized spacial score (nSPS) is 21.7. The van der Waals surface area contributed by atoms with Gasteiger partial charge in [0.2, 0.25) is 5.60 Å². The van der Waals surface area contributed by atoms with Gasteiger partial charge in [0.1, 0.15) is 5.82 Å². The summed E-state index contributed by atoms with van der Waals surface area (Å²) in [6.45, 7) is 3.91. The molecule has 0 saturated heterocycles. The maximum Gasteiger partial charge on any atom is 0.342 e. The molecule has 2 N–H and O–H groups in total. The molecular formula is C17H17FN2O3. The van der Waals surface area contributed by atoms with Crippen molar-refractivity contribution in [2.24, 2.45) is 5.92 Å². The SMILES string of the molecule is CC[C@@H](C)[C@@]1(C(=O)O)OCCc2c1[nH]c1c(F)ccc(C#N)c21. The van der Waals surface area contributed by atoms with Crippen LogP contribution >= 0.6 is 0 Å². The highest BCUT2D eigenvalue weighted by molar-refractivity contribution is 5.93. The Bertz CT molecular complexity index is 836. The topological polar surface area (TPSA) is 86.1 Å². The van der Waals surface area contributed by atoms with Crippen LogP contribution in [0.5, 0.6) is 0 Å². The number of carboxylic acids is 1. The van der Waals surface area contributed by atoms with Crippen LogP contribution in [-0.4, -0.2) is 22.7 Å². The van der Waals surface area contributed by atoms with Crippen LogP contribution in [0.15, 0.2) is 12.1 Å². The van der Waals surface area contributed by atoms with E-state index in [2.05, 4.69) is 11.1 Å². The fourth-order valence-electron chi connectivity index (χ4n) is 3.44. The van der Waals surface area contributed by atoms with Gasteiger partial charge in [-0.25, -0.2) is 9.18 Å². The van der Waals surface area contributed by atoms with E-state index in [1.165, 1.54) is 12.1 Å². The van der Waals surface area contributed by atoms with Gasteiger partial charge in [-0.3, -0.25) is 0 Å². The van der Waals surface area contributed by atoms with Gasteiger partial charge < -0.3 is 14.8 Å². The number of aliphatic carboxylic acids is 1. The van der Waals surface area contributed by atoms with Crippen LogP contribution in [0, 0.1) is 23.1 Å². The van der Waals surface area contributed by atoms with E-state index in [1.54, 1.807) is 6.92 Å². The molecule has 0 bridgehead atoms. The minimum Gasteiger partial charge on any atom is -0.479 e. The molecule has 1 aliphatic rings. The van der Waals surface area contributed by atoms with Crippen molar-refractivity contribution in [2.45, 2.75) is 32.3 Å². The molecule has 5 nitrogen and oxygen atoms in total. The van der Waals surface area contributed by atoms with Gasteiger partial charge in [-0.2, -0.15) is 5.26 Å². The predicted octanol–water partition coefficient (Wildman–Crippen LogP) is 3.08. The van der Waals surface area contributed by atoms with Crippen LogP contribution in [0.25, 0.3) is 10.9 Å². The third-order valence-electron chi connectivity index (χ3n) is 4.81. The minimum atomic E-state index is -1.54. The second-order valence-corrected chi connectivity index (χ2v) is 5.88. The highest BCUT2D eigenvalue weighted by atomic mass is 19.1. The number of rotatable bonds is 3. The summed E-state index contributed by atoms with van der Waals surface area (Å²) in [4.78, 5) is 15.0. The number of H-pyrrole nitrogens is 1. The summed E-state index contributed by atoms with van der Waals surface area (Å²) >= 11 is 0. The number of nitrogens with zero attached hydrogens (tertiary/aromatic N) is 1. The van der Waals surface area contributed by atoms with E-state index in [-0.39, 0.29) is 18.0 Å². The number of nitrogens with one attached hydrogen (secondary N) is 1. The van der Waals surface area contributed by atoms with Crippen LogP contribution < -0.4 is 0 Å². The molecule has 3 rings (SSSR count). The zero-order valence-electron chi connectivity index (χ0n) is 12.9. The van der Waals surface area contributed by atoms with Gasteiger partial charge in [0, 0.05) is 11.3 Å². The third kappa shape index (κ3) is 1.97. The van der Waals surface area contributed by atoms with Crippen molar-refractivity contribution in [1.29, 1.82) is 5.26 Å². The van der Waals surface area contributed by atoms with Crippen LogP contribution in [0.3, 0.4) is 0 Å². The molecule has 2 aromatic rings. The standard InChI is InChI=1S/C17H17FN2O3/c1-3-9(2)17(16(21)22)15-11(6-7-23-17)13-10(8-19)4-5-12(18)14(13)20-15/h4-5,9,20H,3,6-7H2,1-2H3,(H,21,22)/t9-,17-/m1/s1. The van der Waals surface area contributed by atoms with Crippen molar-refractivity contribution in [3.63, 3.8) is 0 Å². The van der Waals surface area contributed by atoms with Gasteiger partial charge in [0.15, 0.2) is 0 Å². The first-order valence-corrected chi connectivity index (χ1v) is 7.58. The Hall–Kier alpha value is -2.39. The Morgan fingerprint density at radius 2 is 2.35 bits per heavy atom. The number of hydrogen-bond acceptors (Lipinski definition) is 3. The smallest absolute Gasteiger partial charge is 0.342 e. The highest BCUT2D eigenvalue weighted by Crippen LogP contribution is 2.44. The molecule has 0 unspecified atom stereocenters. The lowest BCUT2D eigenvalue weighted by molar-refractivity contribution is -0.179. The van der Waals surface area contributed by atoms with E-state index in [1.807, 2.05) is 6.92 Å². The second kappa shape index (κ2) is 5.36. The molecule has 1 aromatic carbocycles. The lowest BCUT2D eigenvalue weighted by Gasteiger charge is -2.37. The maximum absolute atomic E-state index is 14.2. The first kappa shape index (κ1) is 15.5. The molecule has 120 valence electrons. The fraction of sp³-hybridized carbons (Fsp3) is 0.412. The van der Waals surface area contributed by atoms with Gasteiger partial charge in [-0.15, -0.1) is 0 Å². The van der Waals surface area contributed by atoms with Crippen LogP contribution in [0.1, 0.15) is 37.1 Å². The molecular weight excluding hydrogens is 299 g/mol. The van der Waals surface area contributed by atoms with E-state index in [4.69, 9.17) is 4.74 Å². The number of halogens is 1. The molecule has 0 fully saturated rings. The molecule has 0 saturated carbocycles. The number of fused-ring (bicyclic) bond motifs is 3. The zero-order chi connectivity index (χ0) is 16.8. The monoisotopic (exact) mass is 316 g/mol. The second-order valence-electron chi connectivity index (χ2n) is 5.88. The van der Waals surface area contributed by atoms with E-state index < -0.39 is 17.4 Å². The Labute approximate surface area is 132 Å². The van der Waals surface area contributed by atoms with Crippen molar-refractivity contribution >= 4 is 16.9 Å². The van der Waals surface area contributed by atoms with Crippen LogP contribution in [-0.2, 0) is 21.6 Å². The molecule has 23 heavy (non-hydrogen) atoms. The number of nitriles is 1. The quantitative estimate of drug-likeness (QED) is 0.911. The van der Waals surface area contributed by atoms with Crippen LogP contribution in [0.2, 0.25) is 0 Å². The van der Waals surface area contributed by atoms with Crippen molar-refractivity contribution in [3.05, 3.63) is 34.8 Å². The molecule has 0 radical (unpaired) electrons. The van der Waals surface area contributed by atoms with Gasteiger partial charge in [0.25, 0.3) is 0 Å². The van der Waals surface area contributed by atoms with Crippen molar-refractivity contribution in [3.8, 4) is 6.07 Å². The van der Waals surface area contributed by atoms with Crippen molar-refractivity contribution in [1.82, 2.24) is 4.98 Å². The molecule has 6 heteroatoms. The lowest BCUT2D eigenvalue weighted by Crippen LogP contribution is -2.48. The molecule has 1 aliphatic heterocycles. The number of carboxylic acid groups (broad SMARTS) is 1. The summed E-state index contributed by atoms with van der Waals surface area (Å²) in [7, 11) is 0. The summed E-state index contributed by atoms with van der Waals surface area (Å²) in [6, 6.07) is 4.70. The first-order chi connectivity index (χ1) is 11.0. The minimum absolute atomic E-state index is 0.175. The molecule has 1 aromatic heterocycles. The van der Waals surface area contributed by atoms with E-state index >= 15 is 0 Å². The number of aromatic amines is 1. The zero-order valence-corrected chi connectivity index (χ0v) is 12.9. The first-order valence-electron chi connectivity index (χ1n) is 7.58. The van der Waals surface area contributed by atoms with Gasteiger partial charge >= 0.3 is 5.97 Å². The Balaban J connectivity index is 2.41. The van der Waals surface area contributed by atoms with Crippen molar-refractivity contribution in [2.75, 3.05) is 6.61 Å². The Kier molecular flexibility index (Phi) is 3.61. The van der Waals surface area contributed by atoms with E-state index in [0.29, 0.717) is 35.0 Å². The summed E-state index contributed by atoms with van der Waals surface area (Å²) in [5.41, 5.74) is 0.00507. The Morgan fingerprint density at radius 1 is 1.61 bits per heavy atom. The molecule has 2 heterocycles. The fourth-order valence-corrected chi connectivity index (χ4v) is 3.44. The lowest BCUT2D eigenvalue weighted by atomic mass is 9.79. The van der Waals surface area contributed by atoms with E-state index in [9.17, 15) is 19.6 Å². The molecule has 0 amide bonds. The predicted molar refractivity (Wildman–Crippen MR) is 81.4 cm³/mol. The molecule has 0 spiro atoms. The number of ether oxygens (including phenoxy) is 1. The van der Waals surface area contributed by atoms with Gasteiger partial charge in [0.05, 0.1) is 29.5 Å². The number of benzene rings is 1. The summed E-state index contributed by atoms with van der Waals surface area (Å²) in [5.74, 6) is -1.91. The number of carbonyl (C=O) groups is 1. The summed E-state index contributed by atoms with van der Waals surface area (Å²) in [5, 5.41) is 19.6. The highest BCUT2D eigenvalue weighted by Gasteiger charge is 2.51. The van der Waals surface area contributed by atoms with Gasteiger partial charge in [-0.05, 0) is 30.5 Å². The van der Waals surface area contributed by atoms with E-state index in [0.717, 1.165) is 0 Å². The largest absolute Gasteiger partial charge is 0.479 e. The number of hydrogen-bond donors (Lipinski definition) is 2. The maximum atomic E-state index is 14.2.